The maximum absolute atomic E-state index is 3.60. The summed E-state index contributed by atoms with van der Waals surface area (Å²) in [5.74, 6) is 0. The van der Waals surface area contributed by atoms with Gasteiger partial charge in [0.2, 0.25) is 0 Å². The monoisotopic (exact) mass is 270 g/mol. The summed E-state index contributed by atoms with van der Waals surface area (Å²) in [5.41, 5.74) is 5.47. The van der Waals surface area contributed by atoms with Crippen LogP contribution < -0.4 is 0 Å². The third kappa shape index (κ3) is 1.61. The van der Waals surface area contributed by atoms with Gasteiger partial charge in [0.05, 0.1) is 0 Å². The van der Waals surface area contributed by atoms with Crippen molar-refractivity contribution in [3.05, 3.63) is 69.7 Å². The standard InChI is InChI=1S/C15H11Br/c16-15-8-4-7-12-9-13(10-14(12)15)11-5-2-1-3-6-11/h1-8,10H,9H2. The SMILES string of the molecule is Brc1cccc2c1C=C(c1ccccc1)C2. The Morgan fingerprint density at radius 2 is 1.69 bits per heavy atom. The van der Waals surface area contributed by atoms with E-state index in [0.29, 0.717) is 0 Å². The summed E-state index contributed by atoms with van der Waals surface area (Å²) in [6.07, 6.45) is 3.33. The van der Waals surface area contributed by atoms with E-state index in [2.05, 4.69) is 70.5 Å². The first-order valence-electron chi connectivity index (χ1n) is 5.38. The van der Waals surface area contributed by atoms with Crippen molar-refractivity contribution >= 4 is 27.6 Å². The quantitative estimate of drug-likeness (QED) is 0.714. The number of halogens is 1. The Bertz CT molecular complexity index is 553. The number of benzene rings is 2. The molecule has 0 bridgehead atoms. The maximum Gasteiger partial charge on any atom is 0.0250 e. The fourth-order valence-corrected chi connectivity index (χ4v) is 2.69. The van der Waals surface area contributed by atoms with E-state index < -0.39 is 0 Å². The number of rotatable bonds is 1. The van der Waals surface area contributed by atoms with Crippen LogP contribution in [0.25, 0.3) is 11.6 Å². The van der Waals surface area contributed by atoms with E-state index in [1.54, 1.807) is 0 Å². The Morgan fingerprint density at radius 1 is 0.875 bits per heavy atom. The molecule has 0 saturated carbocycles. The molecule has 1 heteroatoms. The van der Waals surface area contributed by atoms with Crippen molar-refractivity contribution in [2.75, 3.05) is 0 Å². The summed E-state index contributed by atoms with van der Waals surface area (Å²) in [7, 11) is 0. The average molecular weight is 271 g/mol. The topological polar surface area (TPSA) is 0 Å². The molecule has 0 radical (unpaired) electrons. The van der Waals surface area contributed by atoms with Gasteiger partial charge in [-0.3, -0.25) is 0 Å². The lowest BCUT2D eigenvalue weighted by molar-refractivity contribution is 1.31. The summed E-state index contributed by atoms with van der Waals surface area (Å²) in [4.78, 5) is 0. The van der Waals surface area contributed by atoms with E-state index in [-0.39, 0.29) is 0 Å². The van der Waals surface area contributed by atoms with Gasteiger partial charge in [-0.05, 0) is 40.8 Å². The van der Waals surface area contributed by atoms with Crippen LogP contribution in [0.15, 0.2) is 53.0 Å². The largest absolute Gasteiger partial charge is 0.0622 e. The first-order valence-corrected chi connectivity index (χ1v) is 6.17. The molecule has 0 atom stereocenters. The molecule has 0 N–H and O–H groups in total. The van der Waals surface area contributed by atoms with Gasteiger partial charge in [-0.15, -0.1) is 0 Å². The van der Waals surface area contributed by atoms with Gasteiger partial charge in [-0.25, -0.2) is 0 Å². The normalized spacial score (nSPS) is 13.4. The molecule has 1 aliphatic rings. The fraction of sp³-hybridized carbons (Fsp3) is 0.0667. The van der Waals surface area contributed by atoms with Gasteiger partial charge >= 0.3 is 0 Å². The van der Waals surface area contributed by atoms with E-state index in [0.717, 1.165) is 6.42 Å². The van der Waals surface area contributed by atoms with Gasteiger partial charge in [-0.1, -0.05) is 58.4 Å². The number of fused-ring (bicyclic) bond motifs is 1. The predicted molar refractivity (Wildman–Crippen MR) is 72.2 cm³/mol. The van der Waals surface area contributed by atoms with Crippen LogP contribution in [0.4, 0.5) is 0 Å². The minimum absolute atomic E-state index is 1.04. The third-order valence-electron chi connectivity index (χ3n) is 2.99. The van der Waals surface area contributed by atoms with Gasteiger partial charge < -0.3 is 0 Å². The molecule has 2 aromatic rings. The Labute approximate surface area is 104 Å². The zero-order valence-corrected chi connectivity index (χ0v) is 10.4. The van der Waals surface area contributed by atoms with Crippen LogP contribution in [-0.4, -0.2) is 0 Å². The molecule has 0 nitrogen and oxygen atoms in total. The van der Waals surface area contributed by atoms with E-state index in [1.807, 2.05) is 0 Å². The molecule has 0 aromatic heterocycles. The first-order chi connectivity index (χ1) is 7.84. The van der Waals surface area contributed by atoms with Crippen LogP contribution >= 0.6 is 15.9 Å². The van der Waals surface area contributed by atoms with Gasteiger partial charge in [-0.2, -0.15) is 0 Å². The molecule has 0 saturated heterocycles. The molecule has 2 aromatic carbocycles. The number of hydrogen-bond donors (Lipinski definition) is 0. The lowest BCUT2D eigenvalue weighted by Crippen LogP contribution is -1.85. The highest BCUT2D eigenvalue weighted by molar-refractivity contribution is 9.10. The highest BCUT2D eigenvalue weighted by Crippen LogP contribution is 2.35. The van der Waals surface area contributed by atoms with Crippen molar-refractivity contribution < 1.29 is 0 Å². The Hall–Kier alpha value is -1.34. The fourth-order valence-electron chi connectivity index (χ4n) is 2.17. The first kappa shape index (κ1) is 9.86. The molecule has 0 amide bonds. The zero-order chi connectivity index (χ0) is 11.0. The highest BCUT2D eigenvalue weighted by atomic mass is 79.9. The van der Waals surface area contributed by atoms with Crippen LogP contribution in [0.3, 0.4) is 0 Å². The Balaban J connectivity index is 2.06. The second-order valence-electron chi connectivity index (χ2n) is 4.03. The minimum atomic E-state index is 1.04. The molecule has 0 spiro atoms. The van der Waals surface area contributed by atoms with Gasteiger partial charge in [0.1, 0.15) is 0 Å². The van der Waals surface area contributed by atoms with Crippen molar-refractivity contribution in [1.82, 2.24) is 0 Å². The van der Waals surface area contributed by atoms with Gasteiger partial charge in [0.25, 0.3) is 0 Å². The van der Waals surface area contributed by atoms with Crippen molar-refractivity contribution in [3.8, 4) is 0 Å². The van der Waals surface area contributed by atoms with E-state index in [1.165, 1.54) is 26.7 Å². The summed E-state index contributed by atoms with van der Waals surface area (Å²) in [6.45, 7) is 0. The van der Waals surface area contributed by atoms with Crippen LogP contribution in [0, 0.1) is 0 Å². The Kier molecular flexibility index (Phi) is 2.41. The van der Waals surface area contributed by atoms with Crippen LogP contribution in [0.2, 0.25) is 0 Å². The van der Waals surface area contributed by atoms with E-state index >= 15 is 0 Å². The summed E-state index contributed by atoms with van der Waals surface area (Å²) >= 11 is 3.60. The lowest BCUT2D eigenvalue weighted by atomic mass is 10.0. The number of hydrogen-bond acceptors (Lipinski definition) is 0. The lowest BCUT2D eigenvalue weighted by Gasteiger charge is -2.01. The van der Waals surface area contributed by atoms with Crippen molar-refractivity contribution in [2.45, 2.75) is 6.42 Å². The molecule has 16 heavy (non-hydrogen) atoms. The highest BCUT2D eigenvalue weighted by Gasteiger charge is 2.15. The van der Waals surface area contributed by atoms with Gasteiger partial charge in [0.15, 0.2) is 0 Å². The van der Waals surface area contributed by atoms with Crippen molar-refractivity contribution in [2.24, 2.45) is 0 Å². The average Bonchev–Trinajstić information content (AvgIpc) is 2.76. The molecule has 3 rings (SSSR count). The van der Waals surface area contributed by atoms with E-state index in [9.17, 15) is 0 Å². The predicted octanol–water partition coefficient (Wildman–Crippen LogP) is 4.55. The molecule has 1 aliphatic carbocycles. The molecule has 0 fully saturated rings. The summed E-state index contributed by atoms with van der Waals surface area (Å²) < 4.78 is 1.19. The molecule has 0 aliphatic heterocycles. The van der Waals surface area contributed by atoms with Crippen molar-refractivity contribution in [3.63, 3.8) is 0 Å². The van der Waals surface area contributed by atoms with Crippen molar-refractivity contribution in [1.29, 1.82) is 0 Å². The Morgan fingerprint density at radius 3 is 2.44 bits per heavy atom. The third-order valence-corrected chi connectivity index (χ3v) is 3.68. The second kappa shape index (κ2) is 3.91. The second-order valence-corrected chi connectivity index (χ2v) is 4.88. The molecular weight excluding hydrogens is 260 g/mol. The molecule has 0 unspecified atom stereocenters. The summed E-state index contributed by atoms with van der Waals surface area (Å²) in [5, 5.41) is 0. The maximum atomic E-state index is 3.60. The molecule has 78 valence electrons. The summed E-state index contributed by atoms with van der Waals surface area (Å²) in [6, 6.07) is 17.0. The smallest absolute Gasteiger partial charge is 0.0250 e. The molecule has 0 heterocycles. The zero-order valence-electron chi connectivity index (χ0n) is 8.78. The van der Waals surface area contributed by atoms with Gasteiger partial charge in [0, 0.05) is 4.47 Å². The van der Waals surface area contributed by atoms with Crippen LogP contribution in [-0.2, 0) is 6.42 Å². The van der Waals surface area contributed by atoms with Crippen LogP contribution in [0.5, 0.6) is 0 Å². The number of allylic oxidation sites excluding steroid dienone is 1. The molecular formula is C15H11Br. The minimum Gasteiger partial charge on any atom is -0.0622 e. The van der Waals surface area contributed by atoms with E-state index in [4.69, 9.17) is 0 Å². The van der Waals surface area contributed by atoms with Crippen LogP contribution in [0.1, 0.15) is 16.7 Å².